The fourth-order valence-electron chi connectivity index (χ4n) is 1.70. The van der Waals surface area contributed by atoms with E-state index in [-0.39, 0.29) is 18.0 Å². The molecule has 1 aromatic heterocycles. The third-order valence-corrected chi connectivity index (χ3v) is 2.83. The SMILES string of the molecule is CNc1cnn(CC(=O)Nc2ccc(OC)cc2)c(=O)c1. The van der Waals surface area contributed by atoms with Crippen molar-refractivity contribution in [2.24, 2.45) is 0 Å². The fourth-order valence-corrected chi connectivity index (χ4v) is 1.70. The zero-order valence-corrected chi connectivity index (χ0v) is 11.8. The molecule has 0 aliphatic carbocycles. The predicted molar refractivity (Wildman–Crippen MR) is 79.7 cm³/mol. The lowest BCUT2D eigenvalue weighted by atomic mass is 10.3. The Morgan fingerprint density at radius 2 is 2.00 bits per heavy atom. The molecule has 1 aromatic carbocycles. The Labute approximate surface area is 121 Å². The summed E-state index contributed by atoms with van der Waals surface area (Å²) in [6.45, 7) is -0.144. The number of anilines is 2. The number of aromatic nitrogens is 2. The van der Waals surface area contributed by atoms with Crippen molar-refractivity contribution in [2.75, 3.05) is 24.8 Å². The van der Waals surface area contributed by atoms with E-state index in [0.717, 1.165) is 4.68 Å². The molecular weight excluding hydrogens is 272 g/mol. The summed E-state index contributed by atoms with van der Waals surface area (Å²) < 4.78 is 6.13. The minimum absolute atomic E-state index is 0.144. The molecule has 1 heterocycles. The summed E-state index contributed by atoms with van der Waals surface area (Å²) in [6.07, 6.45) is 1.49. The van der Waals surface area contributed by atoms with E-state index in [1.165, 1.54) is 12.3 Å². The highest BCUT2D eigenvalue weighted by atomic mass is 16.5. The van der Waals surface area contributed by atoms with Gasteiger partial charge in [-0.3, -0.25) is 9.59 Å². The van der Waals surface area contributed by atoms with Crippen LogP contribution in [0.15, 0.2) is 41.3 Å². The van der Waals surface area contributed by atoms with Crippen molar-refractivity contribution in [3.63, 3.8) is 0 Å². The van der Waals surface area contributed by atoms with Crippen LogP contribution in [0.3, 0.4) is 0 Å². The monoisotopic (exact) mass is 288 g/mol. The van der Waals surface area contributed by atoms with Gasteiger partial charge in [0, 0.05) is 18.8 Å². The molecule has 0 spiro atoms. The molecular formula is C14H16N4O3. The van der Waals surface area contributed by atoms with Gasteiger partial charge >= 0.3 is 0 Å². The van der Waals surface area contributed by atoms with Crippen molar-refractivity contribution in [3.05, 3.63) is 46.9 Å². The minimum atomic E-state index is -0.341. The highest BCUT2D eigenvalue weighted by molar-refractivity contribution is 5.90. The van der Waals surface area contributed by atoms with Gasteiger partial charge in [-0.15, -0.1) is 0 Å². The van der Waals surface area contributed by atoms with Crippen LogP contribution in [0.2, 0.25) is 0 Å². The van der Waals surface area contributed by atoms with Gasteiger partial charge in [0.15, 0.2) is 0 Å². The topological polar surface area (TPSA) is 85.2 Å². The normalized spacial score (nSPS) is 10.0. The summed E-state index contributed by atoms with van der Waals surface area (Å²) in [4.78, 5) is 23.6. The second-order valence-electron chi connectivity index (χ2n) is 4.27. The molecule has 1 amide bonds. The Hall–Kier alpha value is -2.83. The standard InChI is InChI=1S/C14H16N4O3/c1-15-11-7-14(20)18(16-8-11)9-13(19)17-10-3-5-12(21-2)6-4-10/h3-8,15H,9H2,1-2H3,(H,17,19). The lowest BCUT2D eigenvalue weighted by molar-refractivity contribution is -0.117. The maximum Gasteiger partial charge on any atom is 0.269 e. The van der Waals surface area contributed by atoms with Crippen LogP contribution in [0.4, 0.5) is 11.4 Å². The van der Waals surface area contributed by atoms with Crippen LogP contribution in [0, 0.1) is 0 Å². The zero-order valence-electron chi connectivity index (χ0n) is 11.8. The molecule has 0 bridgehead atoms. The van der Waals surface area contributed by atoms with Gasteiger partial charge < -0.3 is 15.4 Å². The molecule has 0 saturated carbocycles. The van der Waals surface area contributed by atoms with Crippen LogP contribution in [0.1, 0.15) is 0 Å². The van der Waals surface area contributed by atoms with Gasteiger partial charge in [0.25, 0.3) is 5.56 Å². The largest absolute Gasteiger partial charge is 0.497 e. The number of hydrogen-bond acceptors (Lipinski definition) is 5. The van der Waals surface area contributed by atoms with Gasteiger partial charge in [0.1, 0.15) is 12.3 Å². The summed E-state index contributed by atoms with van der Waals surface area (Å²) >= 11 is 0. The first-order valence-electron chi connectivity index (χ1n) is 6.31. The average Bonchev–Trinajstić information content (AvgIpc) is 2.50. The highest BCUT2D eigenvalue weighted by Gasteiger charge is 2.06. The first-order chi connectivity index (χ1) is 10.1. The Balaban J connectivity index is 2.02. The third-order valence-electron chi connectivity index (χ3n) is 2.83. The quantitative estimate of drug-likeness (QED) is 0.855. The molecule has 7 nitrogen and oxygen atoms in total. The smallest absolute Gasteiger partial charge is 0.269 e. The van der Waals surface area contributed by atoms with Crippen molar-refractivity contribution in [1.82, 2.24) is 9.78 Å². The second-order valence-corrected chi connectivity index (χ2v) is 4.27. The number of benzene rings is 1. The summed E-state index contributed by atoms with van der Waals surface area (Å²) in [5.41, 5.74) is 0.888. The fraction of sp³-hybridized carbons (Fsp3) is 0.214. The molecule has 0 saturated heterocycles. The Kier molecular flexibility index (Phi) is 4.55. The second kappa shape index (κ2) is 6.56. The molecule has 0 aliphatic heterocycles. The van der Waals surface area contributed by atoms with Gasteiger partial charge in [0.05, 0.1) is 19.0 Å². The minimum Gasteiger partial charge on any atom is -0.497 e. The van der Waals surface area contributed by atoms with Crippen LogP contribution in [-0.2, 0) is 11.3 Å². The number of rotatable bonds is 5. The van der Waals surface area contributed by atoms with E-state index in [1.54, 1.807) is 38.4 Å². The van der Waals surface area contributed by atoms with Crippen molar-refractivity contribution in [3.8, 4) is 5.75 Å². The van der Waals surface area contributed by atoms with E-state index >= 15 is 0 Å². The Morgan fingerprint density at radius 1 is 1.29 bits per heavy atom. The van der Waals surface area contributed by atoms with Crippen LogP contribution < -0.4 is 20.9 Å². The van der Waals surface area contributed by atoms with Crippen molar-refractivity contribution in [2.45, 2.75) is 6.54 Å². The highest BCUT2D eigenvalue weighted by Crippen LogP contribution is 2.14. The molecule has 110 valence electrons. The molecule has 21 heavy (non-hydrogen) atoms. The first-order valence-corrected chi connectivity index (χ1v) is 6.31. The van der Waals surface area contributed by atoms with Gasteiger partial charge in [-0.2, -0.15) is 5.10 Å². The molecule has 7 heteroatoms. The lowest BCUT2D eigenvalue weighted by Gasteiger charge is -2.08. The molecule has 2 rings (SSSR count). The van der Waals surface area contributed by atoms with Crippen LogP contribution >= 0.6 is 0 Å². The van der Waals surface area contributed by atoms with E-state index in [1.807, 2.05) is 0 Å². The first kappa shape index (κ1) is 14.6. The molecule has 2 aromatic rings. The van der Waals surface area contributed by atoms with E-state index in [4.69, 9.17) is 4.74 Å². The molecule has 0 radical (unpaired) electrons. The molecule has 2 N–H and O–H groups in total. The summed E-state index contributed by atoms with van der Waals surface area (Å²) in [5, 5.41) is 9.42. The van der Waals surface area contributed by atoms with Crippen molar-refractivity contribution < 1.29 is 9.53 Å². The van der Waals surface area contributed by atoms with E-state index in [9.17, 15) is 9.59 Å². The maximum atomic E-state index is 11.9. The Bertz CT molecular complexity index is 679. The lowest BCUT2D eigenvalue weighted by Crippen LogP contribution is -2.29. The third kappa shape index (κ3) is 3.82. The number of amides is 1. The molecule has 0 unspecified atom stereocenters. The van der Waals surface area contributed by atoms with Crippen molar-refractivity contribution >= 4 is 17.3 Å². The van der Waals surface area contributed by atoms with E-state index in [2.05, 4.69) is 15.7 Å². The Morgan fingerprint density at radius 3 is 2.57 bits per heavy atom. The molecule has 0 fully saturated rings. The number of ether oxygens (including phenoxy) is 1. The number of methoxy groups -OCH3 is 1. The summed E-state index contributed by atoms with van der Waals surface area (Å²) in [5.74, 6) is 0.375. The van der Waals surface area contributed by atoms with Crippen LogP contribution in [0.5, 0.6) is 5.75 Å². The maximum absolute atomic E-state index is 11.9. The van der Waals surface area contributed by atoms with E-state index in [0.29, 0.717) is 17.1 Å². The predicted octanol–water partition coefficient (Wildman–Crippen LogP) is 0.932. The van der Waals surface area contributed by atoms with E-state index < -0.39 is 0 Å². The van der Waals surface area contributed by atoms with Gasteiger partial charge in [-0.25, -0.2) is 4.68 Å². The van der Waals surface area contributed by atoms with Crippen molar-refractivity contribution in [1.29, 1.82) is 0 Å². The zero-order chi connectivity index (χ0) is 15.2. The average molecular weight is 288 g/mol. The van der Waals surface area contributed by atoms with Gasteiger partial charge in [-0.05, 0) is 24.3 Å². The summed E-state index contributed by atoms with van der Waals surface area (Å²) in [7, 11) is 3.26. The van der Waals surface area contributed by atoms with Crippen LogP contribution in [-0.4, -0.2) is 29.8 Å². The molecule has 0 aliphatic rings. The number of nitrogens with one attached hydrogen (secondary N) is 2. The number of carbonyl (C=O) groups is 1. The number of hydrogen-bond donors (Lipinski definition) is 2. The number of nitrogens with zero attached hydrogens (tertiary/aromatic N) is 2. The number of carbonyl (C=O) groups excluding carboxylic acids is 1. The van der Waals surface area contributed by atoms with Crippen LogP contribution in [0.25, 0.3) is 0 Å². The van der Waals surface area contributed by atoms with Gasteiger partial charge in [-0.1, -0.05) is 0 Å². The molecule has 0 atom stereocenters. The van der Waals surface area contributed by atoms with Gasteiger partial charge in [0.2, 0.25) is 5.91 Å². The summed E-state index contributed by atoms with van der Waals surface area (Å²) in [6, 6.07) is 8.30.